The molecule has 138 valence electrons. The van der Waals surface area contributed by atoms with Crippen molar-refractivity contribution >= 4 is 23.1 Å². The second kappa shape index (κ2) is 8.31. The number of nitrogens with zero attached hydrogens (tertiary/aromatic N) is 3. The number of anilines is 3. The number of rotatable bonds is 6. The first kappa shape index (κ1) is 18.4. The fourth-order valence-corrected chi connectivity index (χ4v) is 2.79. The van der Waals surface area contributed by atoms with Gasteiger partial charge in [0.15, 0.2) is 0 Å². The summed E-state index contributed by atoms with van der Waals surface area (Å²) in [6, 6.07) is 18.8. The zero-order chi connectivity index (χ0) is 19.2. The van der Waals surface area contributed by atoms with Crippen LogP contribution < -0.4 is 15.0 Å². The molecule has 2 aromatic carbocycles. The zero-order valence-corrected chi connectivity index (χ0v) is 15.6. The summed E-state index contributed by atoms with van der Waals surface area (Å²) < 4.78 is 5.19. The Morgan fingerprint density at radius 2 is 1.85 bits per heavy atom. The molecule has 0 saturated heterocycles. The van der Waals surface area contributed by atoms with Gasteiger partial charge in [-0.1, -0.05) is 24.3 Å². The van der Waals surface area contributed by atoms with E-state index in [9.17, 15) is 4.79 Å². The molecule has 0 aliphatic carbocycles. The van der Waals surface area contributed by atoms with Gasteiger partial charge in [-0.3, -0.25) is 4.79 Å². The number of benzene rings is 2. The molecule has 0 radical (unpaired) electrons. The lowest BCUT2D eigenvalue weighted by Crippen LogP contribution is -2.21. The maximum absolute atomic E-state index is 12.7. The van der Waals surface area contributed by atoms with Gasteiger partial charge in [0.2, 0.25) is 0 Å². The van der Waals surface area contributed by atoms with E-state index in [4.69, 9.17) is 4.74 Å². The van der Waals surface area contributed by atoms with Crippen LogP contribution in [-0.2, 0) is 0 Å². The maximum Gasteiger partial charge on any atom is 0.274 e. The number of carbonyl (C=O) groups excluding carboxylic acids is 1. The SMILES string of the molecule is CCN(c1ccccc1)c1cc(C(=O)Nc2cccc(OC)c2)nc(C)n1. The minimum Gasteiger partial charge on any atom is -0.497 e. The second-order valence-electron chi connectivity index (χ2n) is 5.92. The van der Waals surface area contributed by atoms with Crippen molar-refractivity contribution in [3.05, 3.63) is 72.2 Å². The van der Waals surface area contributed by atoms with Gasteiger partial charge in [-0.15, -0.1) is 0 Å². The van der Waals surface area contributed by atoms with Gasteiger partial charge in [0.25, 0.3) is 5.91 Å². The van der Waals surface area contributed by atoms with E-state index in [0.717, 1.165) is 12.2 Å². The molecule has 0 aliphatic heterocycles. The van der Waals surface area contributed by atoms with E-state index in [-0.39, 0.29) is 5.91 Å². The van der Waals surface area contributed by atoms with Crippen LogP contribution in [0.4, 0.5) is 17.2 Å². The summed E-state index contributed by atoms with van der Waals surface area (Å²) in [5, 5.41) is 2.86. The topological polar surface area (TPSA) is 67.4 Å². The Balaban J connectivity index is 1.89. The molecule has 3 rings (SSSR count). The molecule has 1 heterocycles. The molecule has 0 fully saturated rings. The summed E-state index contributed by atoms with van der Waals surface area (Å²) >= 11 is 0. The van der Waals surface area contributed by atoms with E-state index in [2.05, 4.69) is 15.3 Å². The Bertz CT molecular complexity index is 928. The highest BCUT2D eigenvalue weighted by Crippen LogP contribution is 2.24. The van der Waals surface area contributed by atoms with Crippen LogP contribution in [0.5, 0.6) is 5.75 Å². The van der Waals surface area contributed by atoms with E-state index in [0.29, 0.717) is 28.8 Å². The number of para-hydroxylation sites is 1. The summed E-state index contributed by atoms with van der Waals surface area (Å²) in [6.07, 6.45) is 0. The lowest BCUT2D eigenvalue weighted by Gasteiger charge is -2.22. The van der Waals surface area contributed by atoms with Crippen LogP contribution in [0.25, 0.3) is 0 Å². The van der Waals surface area contributed by atoms with Crippen molar-refractivity contribution < 1.29 is 9.53 Å². The lowest BCUT2D eigenvalue weighted by atomic mass is 10.2. The van der Waals surface area contributed by atoms with Gasteiger partial charge in [0.1, 0.15) is 23.1 Å². The Hall–Kier alpha value is -3.41. The molecular weight excluding hydrogens is 340 g/mol. The van der Waals surface area contributed by atoms with Crippen molar-refractivity contribution in [2.75, 3.05) is 23.9 Å². The molecule has 27 heavy (non-hydrogen) atoms. The van der Waals surface area contributed by atoms with Gasteiger partial charge < -0.3 is 15.0 Å². The minimum absolute atomic E-state index is 0.292. The van der Waals surface area contributed by atoms with Crippen LogP contribution in [0.3, 0.4) is 0 Å². The Morgan fingerprint density at radius 1 is 1.07 bits per heavy atom. The molecule has 0 spiro atoms. The monoisotopic (exact) mass is 362 g/mol. The number of methoxy groups -OCH3 is 1. The van der Waals surface area contributed by atoms with E-state index in [1.807, 2.05) is 54.3 Å². The van der Waals surface area contributed by atoms with Crippen molar-refractivity contribution in [2.45, 2.75) is 13.8 Å². The van der Waals surface area contributed by atoms with Gasteiger partial charge in [0, 0.05) is 30.1 Å². The maximum atomic E-state index is 12.7. The molecule has 0 atom stereocenters. The number of ether oxygens (including phenoxy) is 1. The van der Waals surface area contributed by atoms with Gasteiger partial charge in [0.05, 0.1) is 7.11 Å². The molecule has 0 aliphatic rings. The van der Waals surface area contributed by atoms with E-state index in [1.54, 1.807) is 32.2 Å². The smallest absolute Gasteiger partial charge is 0.274 e. The standard InChI is InChI=1S/C21H22N4O2/c1-4-25(17-10-6-5-7-11-17)20-14-19(22-15(2)23-20)21(26)24-16-9-8-12-18(13-16)27-3/h5-14H,4H2,1-3H3,(H,24,26). The summed E-state index contributed by atoms with van der Waals surface area (Å²) in [6.45, 7) is 4.54. The number of hydrogen-bond donors (Lipinski definition) is 1. The van der Waals surface area contributed by atoms with Crippen molar-refractivity contribution in [3.8, 4) is 5.75 Å². The van der Waals surface area contributed by atoms with E-state index >= 15 is 0 Å². The van der Waals surface area contributed by atoms with Crippen molar-refractivity contribution in [2.24, 2.45) is 0 Å². The van der Waals surface area contributed by atoms with Crippen LogP contribution in [0.15, 0.2) is 60.7 Å². The number of aryl methyl sites for hydroxylation is 1. The van der Waals surface area contributed by atoms with Gasteiger partial charge in [-0.2, -0.15) is 0 Å². The van der Waals surface area contributed by atoms with Crippen LogP contribution in [0.2, 0.25) is 0 Å². The van der Waals surface area contributed by atoms with Crippen molar-refractivity contribution in [1.82, 2.24) is 9.97 Å². The first-order valence-electron chi connectivity index (χ1n) is 8.74. The Labute approximate surface area is 158 Å². The molecule has 1 aromatic heterocycles. The van der Waals surface area contributed by atoms with Gasteiger partial charge in [-0.05, 0) is 38.1 Å². The third kappa shape index (κ3) is 4.41. The predicted octanol–water partition coefficient (Wildman–Crippen LogP) is 4.20. The summed E-state index contributed by atoms with van der Waals surface area (Å²) in [4.78, 5) is 23.6. The molecule has 6 nitrogen and oxygen atoms in total. The molecule has 0 saturated carbocycles. The van der Waals surface area contributed by atoms with Crippen LogP contribution in [-0.4, -0.2) is 29.5 Å². The largest absolute Gasteiger partial charge is 0.497 e. The number of amides is 1. The fourth-order valence-electron chi connectivity index (χ4n) is 2.79. The summed E-state index contributed by atoms with van der Waals surface area (Å²) in [5.41, 5.74) is 1.97. The predicted molar refractivity (Wildman–Crippen MR) is 107 cm³/mol. The number of nitrogens with one attached hydrogen (secondary N) is 1. The molecule has 3 aromatic rings. The second-order valence-corrected chi connectivity index (χ2v) is 5.92. The quantitative estimate of drug-likeness (QED) is 0.712. The van der Waals surface area contributed by atoms with Crippen LogP contribution >= 0.6 is 0 Å². The third-order valence-electron chi connectivity index (χ3n) is 4.05. The molecule has 1 N–H and O–H groups in total. The van der Waals surface area contributed by atoms with Gasteiger partial charge >= 0.3 is 0 Å². The minimum atomic E-state index is -0.292. The highest BCUT2D eigenvalue weighted by atomic mass is 16.5. The number of aromatic nitrogens is 2. The highest BCUT2D eigenvalue weighted by Gasteiger charge is 2.15. The van der Waals surface area contributed by atoms with Gasteiger partial charge in [-0.25, -0.2) is 9.97 Å². The average molecular weight is 362 g/mol. The summed E-state index contributed by atoms with van der Waals surface area (Å²) in [5.74, 6) is 1.61. The fraction of sp³-hybridized carbons (Fsp3) is 0.190. The molecule has 0 unspecified atom stereocenters. The van der Waals surface area contributed by atoms with Crippen molar-refractivity contribution in [1.29, 1.82) is 0 Å². The third-order valence-corrected chi connectivity index (χ3v) is 4.05. The summed E-state index contributed by atoms with van der Waals surface area (Å²) in [7, 11) is 1.59. The van der Waals surface area contributed by atoms with E-state index < -0.39 is 0 Å². The molecule has 1 amide bonds. The Kier molecular flexibility index (Phi) is 5.66. The number of carbonyl (C=O) groups is 1. The zero-order valence-electron chi connectivity index (χ0n) is 15.6. The first-order chi connectivity index (χ1) is 13.1. The molecule has 6 heteroatoms. The van der Waals surface area contributed by atoms with Crippen molar-refractivity contribution in [3.63, 3.8) is 0 Å². The average Bonchev–Trinajstić information content (AvgIpc) is 2.69. The normalized spacial score (nSPS) is 10.3. The first-order valence-corrected chi connectivity index (χ1v) is 8.74. The van der Waals surface area contributed by atoms with Crippen LogP contribution in [0.1, 0.15) is 23.2 Å². The molecule has 0 bridgehead atoms. The van der Waals surface area contributed by atoms with E-state index in [1.165, 1.54) is 0 Å². The van der Waals surface area contributed by atoms with Crippen LogP contribution in [0, 0.1) is 6.92 Å². The Morgan fingerprint density at radius 3 is 2.56 bits per heavy atom. The number of hydrogen-bond acceptors (Lipinski definition) is 5. The lowest BCUT2D eigenvalue weighted by molar-refractivity contribution is 0.102. The highest BCUT2D eigenvalue weighted by molar-refractivity contribution is 6.03. The molecular formula is C21H22N4O2.